The molecule has 1 aliphatic heterocycles. The van der Waals surface area contributed by atoms with Crippen LogP contribution in [0, 0.1) is 6.92 Å². The van der Waals surface area contributed by atoms with E-state index in [1.807, 2.05) is 0 Å². The first kappa shape index (κ1) is 22.5. The molecule has 170 valence electrons. The van der Waals surface area contributed by atoms with E-state index < -0.39 is 17.7 Å². The molecule has 3 aromatic rings. The topological polar surface area (TPSA) is 89.2 Å². The lowest BCUT2D eigenvalue weighted by Crippen LogP contribution is -2.29. The van der Waals surface area contributed by atoms with Gasteiger partial charge in [-0.15, -0.1) is 0 Å². The maximum atomic E-state index is 13.3. The highest BCUT2D eigenvalue weighted by Gasteiger charge is 2.47. The Morgan fingerprint density at radius 3 is 2.55 bits per heavy atom. The number of Topliss-reactive ketones (excluding diaryl/α,β-unsaturated/α-hetero) is 1. The number of methoxy groups -OCH3 is 2. The van der Waals surface area contributed by atoms with Crippen LogP contribution in [0.3, 0.4) is 0 Å². The van der Waals surface area contributed by atoms with Gasteiger partial charge in [-0.3, -0.25) is 9.59 Å². The summed E-state index contributed by atoms with van der Waals surface area (Å²) >= 11 is 6.32. The van der Waals surface area contributed by atoms with Crippen LogP contribution in [0.4, 0.5) is 0 Å². The van der Waals surface area contributed by atoms with Gasteiger partial charge in [0.05, 0.1) is 49.2 Å². The second-order valence-corrected chi connectivity index (χ2v) is 7.98. The highest BCUT2D eigenvalue weighted by molar-refractivity contribution is 6.46. The van der Waals surface area contributed by atoms with Crippen molar-refractivity contribution in [3.8, 4) is 11.5 Å². The highest BCUT2D eigenvalue weighted by Crippen LogP contribution is 2.45. The number of amides is 1. The third kappa shape index (κ3) is 3.96. The van der Waals surface area contributed by atoms with Crippen LogP contribution in [0.5, 0.6) is 11.5 Å². The Labute approximate surface area is 195 Å². The molecule has 0 radical (unpaired) electrons. The number of ketones is 1. The number of para-hydroxylation sites is 1. The molecule has 1 N–H and O–H groups in total. The van der Waals surface area contributed by atoms with E-state index in [-0.39, 0.29) is 34.2 Å². The molecule has 1 unspecified atom stereocenters. The van der Waals surface area contributed by atoms with E-state index in [9.17, 15) is 14.7 Å². The van der Waals surface area contributed by atoms with E-state index in [1.54, 1.807) is 55.5 Å². The number of rotatable bonds is 6. The van der Waals surface area contributed by atoms with Crippen molar-refractivity contribution < 1.29 is 28.6 Å². The zero-order valence-corrected chi connectivity index (χ0v) is 19.1. The minimum absolute atomic E-state index is 0.0305. The second kappa shape index (κ2) is 9.03. The molecule has 2 heterocycles. The summed E-state index contributed by atoms with van der Waals surface area (Å²) in [6, 6.07) is 12.9. The fourth-order valence-electron chi connectivity index (χ4n) is 4.09. The Bertz CT molecular complexity index is 1250. The summed E-state index contributed by atoms with van der Waals surface area (Å²) in [5, 5.41) is 11.7. The number of nitrogens with zero attached hydrogens (tertiary/aromatic N) is 1. The summed E-state index contributed by atoms with van der Waals surface area (Å²) < 4.78 is 16.3. The molecule has 1 fully saturated rings. The molecule has 1 aromatic heterocycles. The maximum absolute atomic E-state index is 13.3. The van der Waals surface area contributed by atoms with Crippen LogP contribution in [-0.4, -0.2) is 35.9 Å². The third-order valence-electron chi connectivity index (χ3n) is 5.53. The van der Waals surface area contributed by atoms with Gasteiger partial charge in [-0.1, -0.05) is 29.8 Å². The number of carbonyl (C=O) groups is 2. The fraction of sp³-hybridized carbons (Fsp3) is 0.200. The largest absolute Gasteiger partial charge is 0.507 e. The van der Waals surface area contributed by atoms with Gasteiger partial charge < -0.3 is 23.9 Å². The van der Waals surface area contributed by atoms with Gasteiger partial charge in [-0.25, -0.2) is 0 Å². The first-order valence-electron chi connectivity index (χ1n) is 10.2. The molecule has 0 spiro atoms. The predicted molar refractivity (Wildman–Crippen MR) is 122 cm³/mol. The lowest BCUT2D eigenvalue weighted by Gasteiger charge is -2.26. The number of likely N-dealkylation sites (tertiary alicyclic amines) is 1. The number of benzene rings is 2. The van der Waals surface area contributed by atoms with Crippen molar-refractivity contribution in [1.82, 2.24) is 4.90 Å². The molecular formula is C25H22ClNO6. The zero-order valence-electron chi connectivity index (χ0n) is 18.3. The number of hydrogen-bond acceptors (Lipinski definition) is 6. The van der Waals surface area contributed by atoms with Crippen molar-refractivity contribution in [3.63, 3.8) is 0 Å². The Balaban J connectivity index is 1.97. The van der Waals surface area contributed by atoms with Gasteiger partial charge >= 0.3 is 0 Å². The summed E-state index contributed by atoms with van der Waals surface area (Å²) in [5.74, 6) is -0.803. The zero-order chi connectivity index (χ0) is 23.7. The smallest absolute Gasteiger partial charge is 0.296 e. The summed E-state index contributed by atoms with van der Waals surface area (Å²) in [6.45, 7) is 1.83. The second-order valence-electron chi connectivity index (χ2n) is 7.58. The standard InChI is InChI=1S/C25H22ClNO6/c1-14-11-17(24(32-3)18(26)12-14)22(28)20-21(16-8-4-5-9-19(16)31-2)27(25(30)23(20)29)13-15-7-6-10-33-15/h4-12,21,28H,13H2,1-3H3/b22-20+. The van der Waals surface area contributed by atoms with Gasteiger partial charge in [0.25, 0.3) is 11.7 Å². The highest BCUT2D eigenvalue weighted by atomic mass is 35.5. The van der Waals surface area contributed by atoms with Crippen molar-refractivity contribution in [2.75, 3.05) is 14.2 Å². The van der Waals surface area contributed by atoms with Crippen molar-refractivity contribution in [2.24, 2.45) is 0 Å². The lowest BCUT2D eigenvalue weighted by molar-refractivity contribution is -0.140. The Morgan fingerprint density at radius 2 is 1.88 bits per heavy atom. The van der Waals surface area contributed by atoms with Gasteiger partial charge in [0.15, 0.2) is 0 Å². The quantitative estimate of drug-likeness (QED) is 0.316. The SMILES string of the molecule is COc1ccccc1C1/C(=C(\O)c2cc(C)cc(Cl)c2OC)C(=O)C(=O)N1Cc1ccco1. The summed E-state index contributed by atoms with van der Waals surface area (Å²) in [7, 11) is 2.92. The summed E-state index contributed by atoms with van der Waals surface area (Å²) in [6.07, 6.45) is 1.49. The van der Waals surface area contributed by atoms with Crippen LogP contribution in [0.1, 0.15) is 28.5 Å². The Kier molecular flexibility index (Phi) is 6.16. The maximum Gasteiger partial charge on any atom is 0.296 e. The third-order valence-corrected chi connectivity index (χ3v) is 5.81. The van der Waals surface area contributed by atoms with Crippen LogP contribution >= 0.6 is 11.6 Å². The van der Waals surface area contributed by atoms with E-state index in [2.05, 4.69) is 0 Å². The number of halogens is 1. The molecule has 0 bridgehead atoms. The number of aliphatic hydroxyl groups excluding tert-OH is 1. The average Bonchev–Trinajstić information content (AvgIpc) is 3.40. The van der Waals surface area contributed by atoms with E-state index in [0.717, 1.165) is 5.56 Å². The normalized spacial score (nSPS) is 17.5. The molecule has 4 rings (SSSR count). The van der Waals surface area contributed by atoms with E-state index >= 15 is 0 Å². The van der Waals surface area contributed by atoms with Crippen LogP contribution in [0.15, 0.2) is 64.8 Å². The molecule has 1 saturated heterocycles. The number of hydrogen-bond donors (Lipinski definition) is 1. The Morgan fingerprint density at radius 1 is 1.12 bits per heavy atom. The van der Waals surface area contributed by atoms with E-state index in [1.165, 1.54) is 25.4 Å². The molecule has 0 aliphatic carbocycles. The van der Waals surface area contributed by atoms with Crippen LogP contribution in [0.2, 0.25) is 5.02 Å². The molecule has 0 saturated carbocycles. The van der Waals surface area contributed by atoms with Crippen molar-refractivity contribution in [1.29, 1.82) is 0 Å². The number of aryl methyl sites for hydroxylation is 1. The minimum Gasteiger partial charge on any atom is -0.507 e. The average molecular weight is 468 g/mol. The van der Waals surface area contributed by atoms with Gasteiger partial charge in [0, 0.05) is 5.56 Å². The molecule has 1 amide bonds. The molecular weight excluding hydrogens is 446 g/mol. The first-order valence-corrected chi connectivity index (χ1v) is 10.5. The molecule has 1 aliphatic rings. The fourth-order valence-corrected chi connectivity index (χ4v) is 4.44. The molecule has 1 atom stereocenters. The molecule has 7 nitrogen and oxygen atoms in total. The summed E-state index contributed by atoms with van der Waals surface area (Å²) in [5.41, 5.74) is 1.43. The number of furan rings is 1. The van der Waals surface area contributed by atoms with Crippen molar-refractivity contribution in [3.05, 3.63) is 87.8 Å². The summed E-state index contributed by atoms with van der Waals surface area (Å²) in [4.78, 5) is 27.8. The number of ether oxygens (including phenoxy) is 2. The first-order chi connectivity index (χ1) is 15.9. The monoisotopic (exact) mass is 467 g/mol. The van der Waals surface area contributed by atoms with Gasteiger partial charge in [-0.05, 0) is 42.8 Å². The van der Waals surface area contributed by atoms with Crippen LogP contribution in [-0.2, 0) is 16.1 Å². The van der Waals surface area contributed by atoms with Crippen molar-refractivity contribution in [2.45, 2.75) is 19.5 Å². The number of aliphatic hydroxyl groups is 1. The lowest BCUT2D eigenvalue weighted by atomic mass is 9.94. The molecule has 2 aromatic carbocycles. The molecule has 8 heteroatoms. The van der Waals surface area contributed by atoms with Crippen molar-refractivity contribution >= 4 is 29.1 Å². The number of carbonyl (C=O) groups excluding carboxylic acids is 2. The van der Waals surface area contributed by atoms with Crippen LogP contribution < -0.4 is 9.47 Å². The van der Waals surface area contributed by atoms with Crippen LogP contribution in [0.25, 0.3) is 5.76 Å². The molecule has 33 heavy (non-hydrogen) atoms. The van der Waals surface area contributed by atoms with Gasteiger partial charge in [0.1, 0.15) is 23.0 Å². The minimum atomic E-state index is -0.921. The van der Waals surface area contributed by atoms with E-state index in [4.69, 9.17) is 25.5 Å². The predicted octanol–water partition coefficient (Wildman–Crippen LogP) is 4.88. The Hall–Kier alpha value is -3.71. The van der Waals surface area contributed by atoms with Gasteiger partial charge in [0.2, 0.25) is 0 Å². The van der Waals surface area contributed by atoms with Gasteiger partial charge in [-0.2, -0.15) is 0 Å². The van der Waals surface area contributed by atoms with E-state index in [0.29, 0.717) is 17.1 Å².